The SMILES string of the molecule is Cc1cn(CC(C)C)c(Nc2ccc(Br)c(C)c2)n1. The van der Waals surface area contributed by atoms with E-state index >= 15 is 0 Å². The lowest BCUT2D eigenvalue weighted by Gasteiger charge is -2.12. The van der Waals surface area contributed by atoms with Crippen molar-refractivity contribution in [3.63, 3.8) is 0 Å². The van der Waals surface area contributed by atoms with Crippen LogP contribution in [0, 0.1) is 19.8 Å². The van der Waals surface area contributed by atoms with Crippen molar-refractivity contribution >= 4 is 27.6 Å². The predicted molar refractivity (Wildman–Crippen MR) is 84.0 cm³/mol. The number of halogens is 1. The van der Waals surface area contributed by atoms with E-state index in [0.29, 0.717) is 5.92 Å². The minimum Gasteiger partial charge on any atom is -0.326 e. The Bertz CT molecular complexity index is 573. The Morgan fingerprint density at radius 3 is 2.68 bits per heavy atom. The topological polar surface area (TPSA) is 29.9 Å². The van der Waals surface area contributed by atoms with Crippen LogP contribution in [0.4, 0.5) is 11.6 Å². The Balaban J connectivity index is 2.24. The maximum Gasteiger partial charge on any atom is 0.207 e. The molecule has 4 heteroatoms. The van der Waals surface area contributed by atoms with Gasteiger partial charge in [-0.15, -0.1) is 0 Å². The van der Waals surface area contributed by atoms with Gasteiger partial charge in [0.25, 0.3) is 0 Å². The van der Waals surface area contributed by atoms with Crippen LogP contribution in [0.15, 0.2) is 28.9 Å². The highest BCUT2D eigenvalue weighted by molar-refractivity contribution is 9.10. The maximum atomic E-state index is 4.55. The minimum atomic E-state index is 0.598. The number of aryl methyl sites for hydroxylation is 2. The van der Waals surface area contributed by atoms with Crippen LogP contribution in [0.3, 0.4) is 0 Å². The predicted octanol–water partition coefficient (Wildman–Crippen LogP) is 4.66. The van der Waals surface area contributed by atoms with E-state index in [-0.39, 0.29) is 0 Å². The van der Waals surface area contributed by atoms with E-state index in [1.165, 1.54) is 5.56 Å². The van der Waals surface area contributed by atoms with Crippen molar-refractivity contribution in [2.24, 2.45) is 5.92 Å². The van der Waals surface area contributed by atoms with Crippen molar-refractivity contribution < 1.29 is 0 Å². The lowest BCUT2D eigenvalue weighted by molar-refractivity contribution is 0.527. The van der Waals surface area contributed by atoms with Crippen LogP contribution in [0.25, 0.3) is 0 Å². The molecule has 0 atom stereocenters. The molecule has 0 unspecified atom stereocenters. The van der Waals surface area contributed by atoms with Gasteiger partial charge >= 0.3 is 0 Å². The summed E-state index contributed by atoms with van der Waals surface area (Å²) in [4.78, 5) is 4.55. The van der Waals surface area contributed by atoms with Crippen LogP contribution in [-0.4, -0.2) is 9.55 Å². The number of nitrogens with one attached hydrogen (secondary N) is 1. The Kier molecular flexibility index (Phi) is 4.30. The van der Waals surface area contributed by atoms with Gasteiger partial charge in [-0.3, -0.25) is 0 Å². The molecule has 0 fully saturated rings. The maximum absolute atomic E-state index is 4.55. The average Bonchev–Trinajstić information content (AvgIpc) is 2.63. The lowest BCUT2D eigenvalue weighted by atomic mass is 10.2. The van der Waals surface area contributed by atoms with Crippen LogP contribution in [0.2, 0.25) is 0 Å². The lowest BCUT2D eigenvalue weighted by Crippen LogP contribution is -2.07. The number of benzene rings is 1. The second-order valence-electron chi connectivity index (χ2n) is 5.34. The number of anilines is 2. The fourth-order valence-corrected chi connectivity index (χ4v) is 2.28. The average molecular weight is 322 g/mol. The Morgan fingerprint density at radius 1 is 1.32 bits per heavy atom. The van der Waals surface area contributed by atoms with Crippen molar-refractivity contribution in [2.45, 2.75) is 34.2 Å². The first kappa shape index (κ1) is 14.1. The summed E-state index contributed by atoms with van der Waals surface area (Å²) in [6.45, 7) is 9.50. The zero-order valence-corrected chi connectivity index (χ0v) is 13.5. The molecule has 1 aromatic heterocycles. The summed E-state index contributed by atoms with van der Waals surface area (Å²) >= 11 is 3.52. The second kappa shape index (κ2) is 5.78. The molecule has 0 aliphatic carbocycles. The first-order chi connectivity index (χ1) is 8.95. The molecule has 1 N–H and O–H groups in total. The number of hydrogen-bond acceptors (Lipinski definition) is 2. The first-order valence-electron chi connectivity index (χ1n) is 6.52. The van der Waals surface area contributed by atoms with Gasteiger partial charge in [0.2, 0.25) is 5.95 Å². The summed E-state index contributed by atoms with van der Waals surface area (Å²) in [5.74, 6) is 1.51. The molecule has 0 aliphatic heterocycles. The van der Waals surface area contributed by atoms with Crippen LogP contribution >= 0.6 is 15.9 Å². The van der Waals surface area contributed by atoms with Crippen molar-refractivity contribution in [2.75, 3.05) is 5.32 Å². The smallest absolute Gasteiger partial charge is 0.207 e. The van der Waals surface area contributed by atoms with E-state index in [4.69, 9.17) is 0 Å². The third kappa shape index (κ3) is 3.60. The van der Waals surface area contributed by atoms with Gasteiger partial charge in [-0.2, -0.15) is 0 Å². The van der Waals surface area contributed by atoms with Gasteiger partial charge in [0.1, 0.15) is 0 Å². The molecule has 2 aromatic rings. The quantitative estimate of drug-likeness (QED) is 0.887. The molecule has 0 saturated heterocycles. The Hall–Kier alpha value is -1.29. The molecule has 0 bridgehead atoms. The third-order valence-electron chi connectivity index (χ3n) is 2.87. The summed E-state index contributed by atoms with van der Waals surface area (Å²) < 4.78 is 3.30. The fraction of sp³-hybridized carbons (Fsp3) is 0.400. The molecule has 102 valence electrons. The normalized spacial score (nSPS) is 11.1. The molecular weight excluding hydrogens is 302 g/mol. The van der Waals surface area contributed by atoms with Crippen molar-refractivity contribution in [3.8, 4) is 0 Å². The molecule has 2 rings (SSSR count). The highest BCUT2D eigenvalue weighted by Gasteiger charge is 2.08. The van der Waals surface area contributed by atoms with Gasteiger partial charge in [0.05, 0.1) is 5.69 Å². The first-order valence-corrected chi connectivity index (χ1v) is 7.32. The summed E-state index contributed by atoms with van der Waals surface area (Å²) in [5.41, 5.74) is 3.32. The van der Waals surface area contributed by atoms with Gasteiger partial charge in [0, 0.05) is 22.9 Å². The van der Waals surface area contributed by atoms with Gasteiger partial charge in [0.15, 0.2) is 0 Å². The molecule has 1 heterocycles. The Morgan fingerprint density at radius 2 is 2.05 bits per heavy atom. The van der Waals surface area contributed by atoms with E-state index < -0.39 is 0 Å². The highest BCUT2D eigenvalue weighted by Crippen LogP contribution is 2.23. The summed E-state index contributed by atoms with van der Waals surface area (Å²) in [5, 5.41) is 3.40. The zero-order chi connectivity index (χ0) is 14.0. The minimum absolute atomic E-state index is 0.598. The van der Waals surface area contributed by atoms with E-state index in [1.807, 2.05) is 6.92 Å². The van der Waals surface area contributed by atoms with Crippen LogP contribution in [-0.2, 0) is 6.54 Å². The third-order valence-corrected chi connectivity index (χ3v) is 3.76. The van der Waals surface area contributed by atoms with Gasteiger partial charge < -0.3 is 9.88 Å². The fourth-order valence-electron chi connectivity index (χ4n) is 2.03. The number of aromatic nitrogens is 2. The van der Waals surface area contributed by atoms with Gasteiger partial charge in [-0.1, -0.05) is 29.8 Å². The molecule has 19 heavy (non-hydrogen) atoms. The zero-order valence-electron chi connectivity index (χ0n) is 11.9. The van der Waals surface area contributed by atoms with E-state index in [1.54, 1.807) is 0 Å². The number of hydrogen-bond donors (Lipinski definition) is 1. The molecule has 0 saturated carbocycles. The Labute approximate surface area is 123 Å². The highest BCUT2D eigenvalue weighted by atomic mass is 79.9. The molecular formula is C15H20BrN3. The molecule has 0 radical (unpaired) electrons. The molecule has 1 aromatic carbocycles. The van der Waals surface area contributed by atoms with Crippen molar-refractivity contribution in [1.82, 2.24) is 9.55 Å². The molecule has 0 amide bonds. The summed E-state index contributed by atoms with van der Waals surface area (Å²) in [7, 11) is 0. The number of nitrogens with zero attached hydrogens (tertiary/aromatic N) is 2. The molecule has 0 spiro atoms. The van der Waals surface area contributed by atoms with Crippen molar-refractivity contribution in [1.29, 1.82) is 0 Å². The number of imidazole rings is 1. The van der Waals surface area contributed by atoms with Crippen LogP contribution in [0.5, 0.6) is 0 Å². The summed E-state index contributed by atoms with van der Waals surface area (Å²) in [6, 6.07) is 6.23. The standard InChI is InChI=1S/C15H20BrN3/c1-10(2)8-19-9-12(4)17-15(19)18-13-5-6-14(16)11(3)7-13/h5-7,9-10H,8H2,1-4H3,(H,17,18). The second-order valence-corrected chi connectivity index (χ2v) is 6.20. The van der Waals surface area contributed by atoms with Crippen LogP contribution in [0.1, 0.15) is 25.1 Å². The molecule has 0 aliphatic rings. The van der Waals surface area contributed by atoms with E-state index in [0.717, 1.165) is 28.3 Å². The van der Waals surface area contributed by atoms with Gasteiger partial charge in [-0.05, 0) is 43.5 Å². The largest absolute Gasteiger partial charge is 0.326 e. The monoisotopic (exact) mass is 321 g/mol. The van der Waals surface area contributed by atoms with Crippen molar-refractivity contribution in [3.05, 3.63) is 40.1 Å². The summed E-state index contributed by atoms with van der Waals surface area (Å²) in [6.07, 6.45) is 2.09. The van der Waals surface area contributed by atoms with E-state index in [9.17, 15) is 0 Å². The molecule has 3 nitrogen and oxygen atoms in total. The number of rotatable bonds is 4. The van der Waals surface area contributed by atoms with Gasteiger partial charge in [-0.25, -0.2) is 4.98 Å². The van der Waals surface area contributed by atoms with E-state index in [2.05, 4.69) is 76.0 Å². The van der Waals surface area contributed by atoms with Crippen LogP contribution < -0.4 is 5.32 Å².